The van der Waals surface area contributed by atoms with Crippen LogP contribution >= 0.6 is 0 Å². The van der Waals surface area contributed by atoms with Gasteiger partial charge in [-0.1, -0.05) is 50.2 Å². The second-order valence-electron chi connectivity index (χ2n) is 5.70. The fraction of sp³-hybridized carbons (Fsp3) is 0.333. The Balaban J connectivity index is 2.08. The van der Waals surface area contributed by atoms with Gasteiger partial charge >= 0.3 is 0 Å². The summed E-state index contributed by atoms with van der Waals surface area (Å²) in [7, 11) is 0. The quantitative estimate of drug-likeness (QED) is 0.612. The molecule has 0 fully saturated rings. The Bertz CT molecular complexity index is 677. The van der Waals surface area contributed by atoms with Crippen LogP contribution in [0.25, 0.3) is 0 Å². The highest BCUT2D eigenvalue weighted by Gasteiger charge is 2.02. The standard InChI is InChI=1S/C21H23FN/c1-2-3-4-5-6-18-12-14-21(22)20(15-18)13-11-17-7-9-19(16-23)10-8-17/h7-10,12,15H,2-6,16,23H2,1H3. The van der Waals surface area contributed by atoms with Gasteiger partial charge in [-0.05, 0) is 48.2 Å². The Morgan fingerprint density at radius 3 is 2.52 bits per heavy atom. The normalized spacial score (nSPS) is 10.2. The van der Waals surface area contributed by atoms with Crippen molar-refractivity contribution in [3.63, 3.8) is 0 Å². The lowest BCUT2D eigenvalue weighted by atomic mass is 10.0. The molecule has 0 aliphatic rings. The molecule has 2 rings (SSSR count). The summed E-state index contributed by atoms with van der Waals surface area (Å²) in [6.07, 6.45) is 5.76. The van der Waals surface area contributed by atoms with Gasteiger partial charge in [-0.25, -0.2) is 4.39 Å². The Labute approximate surface area is 138 Å². The van der Waals surface area contributed by atoms with E-state index in [9.17, 15) is 4.39 Å². The van der Waals surface area contributed by atoms with E-state index in [1.165, 1.54) is 19.3 Å². The third-order valence-corrected chi connectivity index (χ3v) is 3.80. The number of rotatable bonds is 6. The minimum absolute atomic E-state index is 0.381. The third-order valence-electron chi connectivity index (χ3n) is 3.80. The van der Waals surface area contributed by atoms with E-state index in [0.29, 0.717) is 12.1 Å². The molecule has 0 amide bonds. The van der Waals surface area contributed by atoms with Gasteiger partial charge < -0.3 is 5.73 Å². The molecule has 0 heterocycles. The summed E-state index contributed by atoms with van der Waals surface area (Å²) < 4.78 is 13.9. The van der Waals surface area contributed by atoms with Crippen molar-refractivity contribution in [3.8, 4) is 11.8 Å². The monoisotopic (exact) mass is 308 g/mol. The summed E-state index contributed by atoms with van der Waals surface area (Å²) in [5, 5.41) is 0. The summed E-state index contributed by atoms with van der Waals surface area (Å²) in [4.78, 5) is 0. The lowest BCUT2D eigenvalue weighted by Gasteiger charge is -2.02. The van der Waals surface area contributed by atoms with Crippen molar-refractivity contribution in [1.82, 2.24) is 0 Å². The van der Waals surface area contributed by atoms with Crippen LogP contribution in [0.15, 0.2) is 36.4 Å². The van der Waals surface area contributed by atoms with Crippen LogP contribution in [-0.2, 0) is 13.0 Å². The maximum atomic E-state index is 13.9. The van der Waals surface area contributed by atoms with E-state index < -0.39 is 0 Å². The molecule has 1 radical (unpaired) electrons. The van der Waals surface area contributed by atoms with Gasteiger partial charge in [-0.3, -0.25) is 0 Å². The van der Waals surface area contributed by atoms with Crippen molar-refractivity contribution in [2.75, 3.05) is 0 Å². The number of unbranched alkanes of at least 4 members (excludes halogenated alkanes) is 3. The van der Waals surface area contributed by atoms with E-state index in [0.717, 1.165) is 29.5 Å². The van der Waals surface area contributed by atoms with Crippen LogP contribution < -0.4 is 5.73 Å². The summed E-state index contributed by atoms with van der Waals surface area (Å²) in [6, 6.07) is 14.0. The lowest BCUT2D eigenvalue weighted by molar-refractivity contribution is 0.619. The highest BCUT2D eigenvalue weighted by molar-refractivity contribution is 5.45. The van der Waals surface area contributed by atoms with Crippen LogP contribution in [-0.4, -0.2) is 0 Å². The molecule has 0 saturated carbocycles. The van der Waals surface area contributed by atoms with Gasteiger partial charge in [-0.2, -0.15) is 0 Å². The number of benzene rings is 2. The first kappa shape index (κ1) is 17.2. The smallest absolute Gasteiger partial charge is 0.146 e. The van der Waals surface area contributed by atoms with E-state index >= 15 is 0 Å². The Morgan fingerprint density at radius 2 is 1.83 bits per heavy atom. The number of halogens is 1. The van der Waals surface area contributed by atoms with Gasteiger partial charge in [0.15, 0.2) is 0 Å². The Morgan fingerprint density at radius 1 is 1.04 bits per heavy atom. The van der Waals surface area contributed by atoms with Gasteiger partial charge in [0.1, 0.15) is 5.82 Å². The van der Waals surface area contributed by atoms with Gasteiger partial charge in [0.2, 0.25) is 0 Å². The predicted octanol–water partition coefficient (Wildman–Crippen LogP) is 4.61. The molecule has 119 valence electrons. The highest BCUT2D eigenvalue weighted by Crippen LogP contribution is 2.13. The molecule has 2 heteroatoms. The topological polar surface area (TPSA) is 26.0 Å². The highest BCUT2D eigenvalue weighted by atomic mass is 19.1. The summed E-state index contributed by atoms with van der Waals surface area (Å²) >= 11 is 0. The van der Waals surface area contributed by atoms with Gasteiger partial charge in [-0.15, -0.1) is 0 Å². The maximum Gasteiger partial charge on any atom is 0.146 e. The van der Waals surface area contributed by atoms with Crippen LogP contribution in [0, 0.1) is 23.7 Å². The Kier molecular flexibility index (Phi) is 6.84. The van der Waals surface area contributed by atoms with Crippen LogP contribution in [0.4, 0.5) is 4.39 Å². The van der Waals surface area contributed by atoms with Gasteiger partial charge in [0, 0.05) is 18.2 Å². The minimum Gasteiger partial charge on any atom is -0.326 e. The summed E-state index contributed by atoms with van der Waals surface area (Å²) in [5.74, 6) is 5.55. The molecular weight excluding hydrogens is 285 g/mol. The molecular formula is C21H23FN. The van der Waals surface area contributed by atoms with Crippen molar-refractivity contribution in [1.29, 1.82) is 0 Å². The Hall–Kier alpha value is -2.11. The van der Waals surface area contributed by atoms with Crippen LogP contribution in [0.2, 0.25) is 0 Å². The average molecular weight is 308 g/mol. The second-order valence-corrected chi connectivity index (χ2v) is 5.70. The van der Waals surface area contributed by atoms with E-state index in [2.05, 4.69) is 24.8 Å². The van der Waals surface area contributed by atoms with Crippen LogP contribution in [0.5, 0.6) is 0 Å². The van der Waals surface area contributed by atoms with Crippen molar-refractivity contribution in [2.45, 2.75) is 45.6 Å². The number of aryl methyl sites for hydroxylation is 1. The molecule has 0 atom stereocenters. The average Bonchev–Trinajstić information content (AvgIpc) is 2.59. The molecule has 0 spiro atoms. The van der Waals surface area contributed by atoms with E-state index in [1.54, 1.807) is 6.07 Å². The zero-order valence-corrected chi connectivity index (χ0v) is 13.7. The lowest BCUT2D eigenvalue weighted by Crippen LogP contribution is -1.95. The second kappa shape index (κ2) is 9.12. The molecule has 0 bridgehead atoms. The first-order chi connectivity index (χ1) is 11.2. The van der Waals surface area contributed by atoms with Crippen LogP contribution in [0.3, 0.4) is 0 Å². The number of hydrogen-bond acceptors (Lipinski definition) is 1. The third kappa shape index (κ3) is 5.54. The fourth-order valence-corrected chi connectivity index (χ4v) is 2.38. The van der Waals surface area contributed by atoms with Crippen molar-refractivity contribution in [2.24, 2.45) is 5.73 Å². The zero-order valence-electron chi connectivity index (χ0n) is 13.7. The van der Waals surface area contributed by atoms with Crippen LogP contribution in [0.1, 0.15) is 54.9 Å². The molecule has 2 aromatic rings. The molecule has 0 aliphatic carbocycles. The molecule has 23 heavy (non-hydrogen) atoms. The van der Waals surface area contributed by atoms with Crippen molar-refractivity contribution >= 4 is 0 Å². The van der Waals surface area contributed by atoms with Gasteiger partial charge in [0.25, 0.3) is 0 Å². The van der Waals surface area contributed by atoms with E-state index in [1.807, 2.05) is 30.3 Å². The SMILES string of the molecule is CCCCCCc1c[c]c(F)c(C#Cc2ccc(CN)cc2)c1. The largest absolute Gasteiger partial charge is 0.326 e. The summed E-state index contributed by atoms with van der Waals surface area (Å²) in [5.41, 5.74) is 9.01. The molecule has 2 aromatic carbocycles. The zero-order chi connectivity index (χ0) is 16.5. The van der Waals surface area contributed by atoms with E-state index in [-0.39, 0.29) is 5.82 Å². The minimum atomic E-state index is -0.381. The van der Waals surface area contributed by atoms with E-state index in [4.69, 9.17) is 5.73 Å². The number of hydrogen-bond donors (Lipinski definition) is 1. The fourth-order valence-electron chi connectivity index (χ4n) is 2.38. The maximum absolute atomic E-state index is 13.9. The molecule has 0 unspecified atom stereocenters. The first-order valence-corrected chi connectivity index (χ1v) is 8.24. The molecule has 2 N–H and O–H groups in total. The molecule has 1 nitrogen and oxygen atoms in total. The predicted molar refractivity (Wildman–Crippen MR) is 93.4 cm³/mol. The molecule has 0 aromatic heterocycles. The first-order valence-electron chi connectivity index (χ1n) is 8.24. The van der Waals surface area contributed by atoms with Crippen molar-refractivity contribution in [3.05, 3.63) is 70.5 Å². The summed E-state index contributed by atoms with van der Waals surface area (Å²) in [6.45, 7) is 2.71. The molecule has 0 saturated heterocycles. The van der Waals surface area contributed by atoms with Gasteiger partial charge in [0.05, 0.1) is 5.56 Å². The van der Waals surface area contributed by atoms with Crippen molar-refractivity contribution < 1.29 is 4.39 Å². The number of nitrogens with two attached hydrogens (primary N) is 1. The molecule has 0 aliphatic heterocycles.